The fourth-order valence-corrected chi connectivity index (χ4v) is 2.67. The monoisotopic (exact) mass is 255 g/mol. The third-order valence-corrected chi connectivity index (χ3v) is 4.97. The molecule has 0 aliphatic carbocycles. The zero-order valence-corrected chi connectivity index (χ0v) is 11.9. The van der Waals surface area contributed by atoms with Crippen molar-refractivity contribution in [2.24, 2.45) is 0 Å². The molecular weight excluding hydrogens is 234 g/mol. The van der Waals surface area contributed by atoms with Crippen LogP contribution in [0, 0.1) is 13.8 Å². The van der Waals surface area contributed by atoms with Crippen molar-refractivity contribution in [3.63, 3.8) is 0 Å². The highest BCUT2D eigenvalue weighted by Crippen LogP contribution is 2.23. The van der Waals surface area contributed by atoms with E-state index in [1.165, 1.54) is 17.4 Å². The number of hydrogen-bond donors (Lipinski definition) is 1. The Labute approximate surface area is 104 Å². The van der Waals surface area contributed by atoms with Crippen LogP contribution in [0.1, 0.15) is 29.7 Å². The molecule has 4 heteroatoms. The highest BCUT2D eigenvalue weighted by Gasteiger charge is 2.26. The molecular formula is C13H21NO2S. The molecule has 3 nitrogen and oxygen atoms in total. The molecule has 2 atom stereocenters. The Morgan fingerprint density at radius 1 is 1.18 bits per heavy atom. The largest absolute Gasteiger partial charge is 0.312 e. The van der Waals surface area contributed by atoms with Crippen LogP contribution in [-0.4, -0.2) is 27.0 Å². The van der Waals surface area contributed by atoms with Crippen molar-refractivity contribution in [2.75, 3.05) is 13.3 Å². The van der Waals surface area contributed by atoms with E-state index in [2.05, 4.69) is 11.4 Å². The van der Waals surface area contributed by atoms with Crippen LogP contribution in [0.3, 0.4) is 0 Å². The predicted molar refractivity (Wildman–Crippen MR) is 72.0 cm³/mol. The van der Waals surface area contributed by atoms with Crippen LogP contribution >= 0.6 is 0 Å². The summed E-state index contributed by atoms with van der Waals surface area (Å²) < 4.78 is 23.2. The van der Waals surface area contributed by atoms with E-state index in [0.29, 0.717) is 0 Å². The van der Waals surface area contributed by atoms with Gasteiger partial charge in [-0.05, 0) is 44.5 Å². The summed E-state index contributed by atoms with van der Waals surface area (Å²) in [6.07, 6.45) is 1.28. The second kappa shape index (κ2) is 5.19. The maximum absolute atomic E-state index is 11.6. The number of hydrogen-bond acceptors (Lipinski definition) is 3. The first kappa shape index (κ1) is 14.2. The van der Waals surface area contributed by atoms with Crippen LogP contribution < -0.4 is 5.32 Å². The quantitative estimate of drug-likeness (QED) is 0.895. The molecule has 0 fully saturated rings. The number of nitrogens with one attached hydrogen (secondary N) is 1. The zero-order valence-electron chi connectivity index (χ0n) is 11.1. The van der Waals surface area contributed by atoms with Crippen molar-refractivity contribution in [1.29, 1.82) is 0 Å². The summed E-state index contributed by atoms with van der Waals surface area (Å²) in [5.74, 6) is 0. The minimum Gasteiger partial charge on any atom is -0.312 e. The summed E-state index contributed by atoms with van der Waals surface area (Å²) in [6, 6.07) is 5.91. The average Bonchev–Trinajstić information content (AvgIpc) is 2.23. The maximum Gasteiger partial charge on any atom is 0.151 e. The Kier molecular flexibility index (Phi) is 4.33. The molecule has 0 radical (unpaired) electrons. The number of benzene rings is 1. The van der Waals surface area contributed by atoms with Crippen LogP contribution in [-0.2, 0) is 9.84 Å². The molecule has 0 amide bonds. The first-order chi connectivity index (χ1) is 7.77. The van der Waals surface area contributed by atoms with E-state index in [0.717, 1.165) is 5.56 Å². The minimum atomic E-state index is -3.05. The lowest BCUT2D eigenvalue weighted by molar-refractivity contribution is 0.534. The molecule has 0 bridgehead atoms. The molecule has 0 aromatic heterocycles. The lowest BCUT2D eigenvalue weighted by Gasteiger charge is -2.23. The van der Waals surface area contributed by atoms with Gasteiger partial charge in [0, 0.05) is 12.3 Å². The number of sulfone groups is 1. The van der Waals surface area contributed by atoms with Gasteiger partial charge in [-0.15, -0.1) is 0 Å². The molecule has 1 rings (SSSR count). The van der Waals surface area contributed by atoms with Crippen LogP contribution in [0.15, 0.2) is 18.2 Å². The fraction of sp³-hybridized carbons (Fsp3) is 0.538. The molecule has 96 valence electrons. The second-order valence-electron chi connectivity index (χ2n) is 4.64. The Bertz CT molecular complexity index is 494. The van der Waals surface area contributed by atoms with Crippen LogP contribution in [0.2, 0.25) is 0 Å². The Balaban J connectivity index is 3.14. The van der Waals surface area contributed by atoms with Crippen molar-refractivity contribution in [3.05, 3.63) is 34.9 Å². The Morgan fingerprint density at radius 2 is 1.76 bits per heavy atom. The van der Waals surface area contributed by atoms with Gasteiger partial charge in [-0.3, -0.25) is 0 Å². The highest BCUT2D eigenvalue weighted by molar-refractivity contribution is 7.91. The van der Waals surface area contributed by atoms with Crippen LogP contribution in [0.4, 0.5) is 0 Å². The summed E-state index contributed by atoms with van der Waals surface area (Å²) in [5.41, 5.74) is 3.42. The first-order valence-corrected chi connectivity index (χ1v) is 7.66. The molecule has 1 aromatic rings. The van der Waals surface area contributed by atoms with Gasteiger partial charge in [-0.25, -0.2) is 8.42 Å². The van der Waals surface area contributed by atoms with Crippen LogP contribution in [0.25, 0.3) is 0 Å². The molecule has 0 saturated carbocycles. The molecule has 2 unspecified atom stereocenters. The van der Waals surface area contributed by atoms with Crippen molar-refractivity contribution in [1.82, 2.24) is 5.32 Å². The van der Waals surface area contributed by atoms with Gasteiger partial charge in [0.2, 0.25) is 0 Å². The second-order valence-corrected chi connectivity index (χ2v) is 7.05. The predicted octanol–water partition coefficient (Wildman–Crippen LogP) is 2.00. The lowest BCUT2D eigenvalue weighted by Crippen LogP contribution is -2.33. The Morgan fingerprint density at radius 3 is 2.18 bits per heavy atom. The molecule has 0 aliphatic heterocycles. The summed E-state index contributed by atoms with van der Waals surface area (Å²) in [5, 5.41) is 2.66. The van der Waals surface area contributed by atoms with E-state index < -0.39 is 15.1 Å². The van der Waals surface area contributed by atoms with Gasteiger partial charge in [0.15, 0.2) is 9.84 Å². The number of aryl methyl sites for hydroxylation is 2. The Hall–Kier alpha value is -0.870. The third kappa shape index (κ3) is 3.30. The molecule has 0 heterocycles. The maximum atomic E-state index is 11.6. The fourth-order valence-electron chi connectivity index (χ4n) is 1.88. The molecule has 17 heavy (non-hydrogen) atoms. The van der Waals surface area contributed by atoms with Gasteiger partial charge in [-0.1, -0.05) is 18.2 Å². The van der Waals surface area contributed by atoms with Gasteiger partial charge in [0.05, 0.1) is 5.25 Å². The van der Waals surface area contributed by atoms with Gasteiger partial charge in [0.1, 0.15) is 0 Å². The third-order valence-electron chi connectivity index (χ3n) is 3.35. The van der Waals surface area contributed by atoms with E-state index in [4.69, 9.17) is 0 Å². The molecule has 0 spiro atoms. The smallest absolute Gasteiger partial charge is 0.151 e. The zero-order chi connectivity index (χ0) is 13.2. The van der Waals surface area contributed by atoms with Crippen molar-refractivity contribution < 1.29 is 8.42 Å². The van der Waals surface area contributed by atoms with Gasteiger partial charge < -0.3 is 5.32 Å². The summed E-state index contributed by atoms with van der Waals surface area (Å²) in [4.78, 5) is 0. The summed E-state index contributed by atoms with van der Waals surface area (Å²) in [6.45, 7) is 5.83. The summed E-state index contributed by atoms with van der Waals surface area (Å²) in [7, 11) is -1.25. The van der Waals surface area contributed by atoms with E-state index in [1.807, 2.05) is 26.0 Å². The normalized spacial score (nSPS) is 15.6. The van der Waals surface area contributed by atoms with Crippen molar-refractivity contribution in [3.8, 4) is 0 Å². The number of rotatable bonds is 4. The van der Waals surface area contributed by atoms with Gasteiger partial charge in [0.25, 0.3) is 0 Å². The first-order valence-electron chi connectivity index (χ1n) is 5.70. The van der Waals surface area contributed by atoms with Gasteiger partial charge in [-0.2, -0.15) is 0 Å². The van der Waals surface area contributed by atoms with E-state index >= 15 is 0 Å². The van der Waals surface area contributed by atoms with Gasteiger partial charge >= 0.3 is 0 Å². The topological polar surface area (TPSA) is 46.2 Å². The summed E-state index contributed by atoms with van der Waals surface area (Å²) >= 11 is 0. The van der Waals surface area contributed by atoms with E-state index in [9.17, 15) is 8.42 Å². The van der Waals surface area contributed by atoms with E-state index in [1.54, 1.807) is 14.0 Å². The highest BCUT2D eigenvalue weighted by atomic mass is 32.2. The average molecular weight is 255 g/mol. The van der Waals surface area contributed by atoms with E-state index in [-0.39, 0.29) is 6.04 Å². The molecule has 0 aliphatic rings. The molecule has 1 N–H and O–H groups in total. The molecule has 0 saturated heterocycles. The SMILES string of the molecule is CNC(c1ccc(C)c(C)c1)C(C)S(C)(=O)=O. The molecule has 1 aromatic carbocycles. The minimum absolute atomic E-state index is 0.163. The lowest BCUT2D eigenvalue weighted by atomic mass is 9.99. The van der Waals surface area contributed by atoms with Crippen molar-refractivity contribution in [2.45, 2.75) is 32.1 Å². The van der Waals surface area contributed by atoms with Crippen LogP contribution in [0.5, 0.6) is 0 Å². The standard InChI is InChI=1S/C13H21NO2S/c1-9-6-7-12(8-10(9)2)13(14-4)11(3)17(5,15)16/h6-8,11,13-14H,1-5H3. The van der Waals surface area contributed by atoms with Crippen molar-refractivity contribution >= 4 is 9.84 Å².